The molecule has 0 fully saturated rings. The maximum atomic E-state index is 13.3. The fraction of sp³-hybridized carbons (Fsp3) is 0.500. The largest absolute Gasteiger partial charge is 0.497 e. The molecule has 0 radical (unpaired) electrons. The van der Waals surface area contributed by atoms with Crippen LogP contribution in [0, 0.1) is 5.92 Å². The number of anilines is 1. The zero-order valence-electron chi connectivity index (χ0n) is 21.8. The summed E-state index contributed by atoms with van der Waals surface area (Å²) in [6.07, 6.45) is -0.410. The Balaban J connectivity index is 1.96. The van der Waals surface area contributed by atoms with Crippen molar-refractivity contribution in [2.75, 3.05) is 52.8 Å². The smallest absolute Gasteiger partial charge is 0.242 e. The summed E-state index contributed by atoms with van der Waals surface area (Å²) < 4.78 is 39.4. The number of amides is 1. The summed E-state index contributed by atoms with van der Waals surface area (Å²) in [5.74, 6) is 0.806. The van der Waals surface area contributed by atoms with E-state index in [1.54, 1.807) is 24.0 Å². The number of aliphatic hydroxyl groups is 1. The van der Waals surface area contributed by atoms with Crippen molar-refractivity contribution in [3.8, 4) is 11.5 Å². The van der Waals surface area contributed by atoms with Crippen molar-refractivity contribution in [3.63, 3.8) is 0 Å². The Morgan fingerprint density at radius 2 is 1.83 bits per heavy atom. The Morgan fingerprint density at radius 1 is 1.17 bits per heavy atom. The van der Waals surface area contributed by atoms with Crippen LogP contribution in [0.3, 0.4) is 0 Å². The van der Waals surface area contributed by atoms with Crippen LogP contribution >= 0.6 is 0 Å². The van der Waals surface area contributed by atoms with Crippen LogP contribution in [0.15, 0.2) is 47.4 Å². The van der Waals surface area contributed by atoms with E-state index in [0.717, 1.165) is 11.3 Å². The third kappa shape index (κ3) is 6.11. The molecular formula is C26H37N3O6S. The molecule has 1 aliphatic rings. The van der Waals surface area contributed by atoms with Crippen molar-refractivity contribution in [2.24, 2.45) is 5.92 Å². The fourth-order valence-corrected chi connectivity index (χ4v) is 5.37. The Labute approximate surface area is 214 Å². The van der Waals surface area contributed by atoms with Crippen molar-refractivity contribution < 1.29 is 27.8 Å². The van der Waals surface area contributed by atoms with Crippen molar-refractivity contribution >= 4 is 21.6 Å². The van der Waals surface area contributed by atoms with E-state index in [0.29, 0.717) is 18.0 Å². The third-order valence-corrected chi connectivity index (χ3v) is 8.46. The van der Waals surface area contributed by atoms with Crippen molar-refractivity contribution in [3.05, 3.63) is 48.0 Å². The average molecular weight is 520 g/mol. The molecule has 1 heterocycles. The van der Waals surface area contributed by atoms with Gasteiger partial charge in [-0.1, -0.05) is 6.92 Å². The van der Waals surface area contributed by atoms with E-state index >= 15 is 0 Å². The predicted molar refractivity (Wildman–Crippen MR) is 139 cm³/mol. The lowest BCUT2D eigenvalue weighted by Gasteiger charge is -2.33. The van der Waals surface area contributed by atoms with Crippen LogP contribution < -0.4 is 14.4 Å². The molecule has 1 amide bonds. The molecule has 36 heavy (non-hydrogen) atoms. The van der Waals surface area contributed by atoms with Crippen LogP contribution in [0.5, 0.6) is 11.5 Å². The number of benzene rings is 2. The molecule has 10 heteroatoms. The molecule has 3 rings (SSSR count). The first-order chi connectivity index (χ1) is 17.0. The van der Waals surface area contributed by atoms with Crippen LogP contribution in [0.1, 0.15) is 19.4 Å². The van der Waals surface area contributed by atoms with E-state index < -0.39 is 16.1 Å². The molecule has 0 bridgehead atoms. The normalized spacial score (nSPS) is 19.6. The number of carbonyl (C=O) groups is 1. The van der Waals surface area contributed by atoms with Crippen molar-refractivity contribution in [1.29, 1.82) is 0 Å². The minimum atomic E-state index is -3.79. The number of ether oxygens (including phenoxy) is 2. The van der Waals surface area contributed by atoms with Gasteiger partial charge in [-0.3, -0.25) is 4.79 Å². The molecule has 0 saturated carbocycles. The monoisotopic (exact) mass is 519 g/mol. The first kappa shape index (κ1) is 27.8. The van der Waals surface area contributed by atoms with Crippen molar-refractivity contribution in [1.82, 2.24) is 9.21 Å². The number of fused-ring (bicyclic) bond motifs is 1. The molecule has 2 aromatic rings. The lowest BCUT2D eigenvalue weighted by Crippen LogP contribution is -2.48. The van der Waals surface area contributed by atoms with Gasteiger partial charge in [0, 0.05) is 44.9 Å². The van der Waals surface area contributed by atoms with Crippen LogP contribution in [0.2, 0.25) is 0 Å². The highest BCUT2D eigenvalue weighted by Gasteiger charge is 2.33. The van der Waals surface area contributed by atoms with Gasteiger partial charge >= 0.3 is 0 Å². The molecule has 1 aliphatic heterocycles. The van der Waals surface area contributed by atoms with Gasteiger partial charge in [0.25, 0.3) is 0 Å². The van der Waals surface area contributed by atoms with Gasteiger partial charge in [-0.25, -0.2) is 8.42 Å². The van der Waals surface area contributed by atoms with Crippen LogP contribution in [0.25, 0.3) is 0 Å². The molecule has 0 unspecified atom stereocenters. The summed E-state index contributed by atoms with van der Waals surface area (Å²) in [5, 5.41) is 9.79. The molecule has 0 aromatic heterocycles. The Hall–Kier alpha value is -2.82. The zero-order chi connectivity index (χ0) is 26.6. The Kier molecular flexibility index (Phi) is 8.86. The maximum absolute atomic E-state index is 13.3. The summed E-state index contributed by atoms with van der Waals surface area (Å²) in [7, 11) is 3.10. The number of nitrogens with zero attached hydrogens (tertiary/aromatic N) is 3. The standard InChI is InChI=1S/C26H37N3O6S/c1-18-15-29(19(2)17-30)26(31)14-20-13-21(27(3)4)7-12-24(20)35-25(18)16-28(5)36(32,33)23-10-8-22(34-6)9-11-23/h7-13,18-19,25,30H,14-17H2,1-6H3/t18-,19-,25+/m1/s1. The number of likely N-dealkylation sites (N-methyl/N-ethyl adjacent to an activating group) is 1. The van der Waals surface area contributed by atoms with E-state index in [1.165, 1.54) is 30.6 Å². The molecule has 2 aromatic carbocycles. The summed E-state index contributed by atoms with van der Waals surface area (Å²) >= 11 is 0. The quantitative estimate of drug-likeness (QED) is 0.571. The topological polar surface area (TPSA) is 99.6 Å². The second-order valence-electron chi connectivity index (χ2n) is 9.54. The molecule has 3 atom stereocenters. The third-order valence-electron chi connectivity index (χ3n) is 6.62. The average Bonchev–Trinajstić information content (AvgIpc) is 2.90. The lowest BCUT2D eigenvalue weighted by atomic mass is 10.0. The molecule has 1 N–H and O–H groups in total. The van der Waals surface area contributed by atoms with Crippen LogP contribution in [-0.2, 0) is 21.2 Å². The highest BCUT2D eigenvalue weighted by atomic mass is 32.2. The van der Waals surface area contributed by atoms with Gasteiger partial charge in [0.1, 0.15) is 17.6 Å². The first-order valence-electron chi connectivity index (χ1n) is 12.0. The zero-order valence-corrected chi connectivity index (χ0v) is 22.7. The number of rotatable bonds is 8. The van der Waals surface area contributed by atoms with Gasteiger partial charge in [-0.15, -0.1) is 0 Å². The number of sulfonamides is 1. The number of aliphatic hydroxyl groups excluding tert-OH is 1. The second-order valence-corrected chi connectivity index (χ2v) is 11.6. The van der Waals surface area contributed by atoms with Gasteiger partial charge < -0.3 is 24.4 Å². The van der Waals surface area contributed by atoms with E-state index in [-0.39, 0.29) is 42.3 Å². The van der Waals surface area contributed by atoms with E-state index in [1.807, 2.05) is 44.1 Å². The van der Waals surface area contributed by atoms with Crippen LogP contribution in [-0.4, -0.2) is 88.7 Å². The fourth-order valence-electron chi connectivity index (χ4n) is 4.19. The minimum absolute atomic E-state index is 0.0833. The van der Waals surface area contributed by atoms with E-state index in [2.05, 4.69) is 0 Å². The molecule has 0 saturated heterocycles. The molecule has 198 valence electrons. The Morgan fingerprint density at radius 3 is 2.42 bits per heavy atom. The number of carbonyl (C=O) groups excluding carboxylic acids is 1. The maximum Gasteiger partial charge on any atom is 0.242 e. The van der Waals surface area contributed by atoms with Crippen molar-refractivity contribution in [2.45, 2.75) is 37.3 Å². The summed E-state index contributed by atoms with van der Waals surface area (Å²) in [4.78, 5) is 17.0. The summed E-state index contributed by atoms with van der Waals surface area (Å²) in [6.45, 7) is 3.98. The van der Waals surface area contributed by atoms with Gasteiger partial charge in [-0.05, 0) is 49.4 Å². The van der Waals surface area contributed by atoms with Gasteiger partial charge in [0.2, 0.25) is 15.9 Å². The molecule has 9 nitrogen and oxygen atoms in total. The van der Waals surface area contributed by atoms with Gasteiger partial charge in [0.05, 0.1) is 37.6 Å². The van der Waals surface area contributed by atoms with E-state index in [4.69, 9.17) is 9.47 Å². The van der Waals surface area contributed by atoms with Gasteiger partial charge in [0.15, 0.2) is 0 Å². The second kappa shape index (κ2) is 11.5. The summed E-state index contributed by atoms with van der Waals surface area (Å²) in [5.41, 5.74) is 1.65. The lowest BCUT2D eigenvalue weighted by molar-refractivity contribution is -0.134. The molecular weight excluding hydrogens is 482 g/mol. The highest BCUT2D eigenvalue weighted by Crippen LogP contribution is 2.30. The number of methoxy groups -OCH3 is 1. The molecule has 0 aliphatic carbocycles. The summed E-state index contributed by atoms with van der Waals surface area (Å²) in [6, 6.07) is 11.5. The Bertz CT molecular complexity index is 1150. The highest BCUT2D eigenvalue weighted by molar-refractivity contribution is 7.89. The number of hydrogen-bond acceptors (Lipinski definition) is 7. The van der Waals surface area contributed by atoms with E-state index in [9.17, 15) is 18.3 Å². The SMILES string of the molecule is COc1ccc(S(=O)(=O)N(C)C[C@@H]2Oc3ccc(N(C)C)cc3CC(=O)N([C@H](C)CO)C[C@H]2C)cc1. The van der Waals surface area contributed by atoms with Gasteiger partial charge in [-0.2, -0.15) is 4.31 Å². The predicted octanol–water partition coefficient (Wildman–Crippen LogP) is 2.23. The minimum Gasteiger partial charge on any atom is -0.497 e. The first-order valence-corrected chi connectivity index (χ1v) is 13.4. The van der Waals surface area contributed by atoms with Crippen LogP contribution in [0.4, 0.5) is 5.69 Å². The number of hydrogen-bond donors (Lipinski definition) is 1. The molecule has 0 spiro atoms.